The van der Waals surface area contributed by atoms with Crippen molar-refractivity contribution < 1.29 is 28.6 Å². The predicted molar refractivity (Wildman–Crippen MR) is 137 cm³/mol. The van der Waals surface area contributed by atoms with Crippen LogP contribution in [0.3, 0.4) is 0 Å². The van der Waals surface area contributed by atoms with Gasteiger partial charge in [-0.05, 0) is 32.1 Å². The summed E-state index contributed by atoms with van der Waals surface area (Å²) in [5.41, 5.74) is 1.13. The zero-order valence-corrected chi connectivity index (χ0v) is 20.8. The Balaban J connectivity index is 1.90. The van der Waals surface area contributed by atoms with E-state index in [1.54, 1.807) is 0 Å². The average Bonchev–Trinajstić information content (AvgIpc) is 3.17. The van der Waals surface area contributed by atoms with Gasteiger partial charge in [0.05, 0.1) is 26.4 Å². The Morgan fingerprint density at radius 3 is 2.09 bits per heavy atom. The maximum atomic E-state index is 12.0. The number of carbonyl (C=O) groups is 3. The van der Waals surface area contributed by atoms with E-state index < -0.39 is 0 Å². The molecule has 1 rings (SSSR count). The fourth-order valence-corrected chi connectivity index (χ4v) is 3.07. The average molecular weight is 489 g/mol. The SMILES string of the molecule is C=CCC=CC(=CCC=C)CCC(=O)NCCCOCCOCCOCCCN1C(=O)C=CC1=O. The number of imide groups is 1. The molecule has 8 heteroatoms. The van der Waals surface area contributed by atoms with Crippen LogP contribution in [0.1, 0.15) is 38.5 Å². The Bertz CT molecular complexity index is 739. The molecule has 8 nitrogen and oxygen atoms in total. The van der Waals surface area contributed by atoms with Crippen molar-refractivity contribution in [3.63, 3.8) is 0 Å². The molecule has 0 fully saturated rings. The molecule has 35 heavy (non-hydrogen) atoms. The summed E-state index contributed by atoms with van der Waals surface area (Å²) >= 11 is 0. The van der Waals surface area contributed by atoms with Gasteiger partial charge in [-0.15, -0.1) is 13.2 Å². The molecule has 0 aliphatic carbocycles. The fraction of sp³-hybridized carbons (Fsp3) is 0.519. The summed E-state index contributed by atoms with van der Waals surface area (Å²) in [6.45, 7) is 11.2. The molecule has 1 heterocycles. The van der Waals surface area contributed by atoms with Gasteiger partial charge in [0.15, 0.2) is 0 Å². The van der Waals surface area contributed by atoms with Crippen molar-refractivity contribution in [2.75, 3.05) is 52.7 Å². The topological polar surface area (TPSA) is 94.2 Å². The molecule has 0 atom stereocenters. The lowest BCUT2D eigenvalue weighted by molar-refractivity contribution is -0.137. The van der Waals surface area contributed by atoms with E-state index in [0.29, 0.717) is 72.0 Å². The van der Waals surface area contributed by atoms with E-state index >= 15 is 0 Å². The van der Waals surface area contributed by atoms with Crippen molar-refractivity contribution >= 4 is 17.7 Å². The third kappa shape index (κ3) is 15.7. The molecule has 0 saturated carbocycles. The van der Waals surface area contributed by atoms with Crippen molar-refractivity contribution in [3.8, 4) is 0 Å². The van der Waals surface area contributed by atoms with Crippen LogP contribution < -0.4 is 5.32 Å². The number of rotatable bonds is 22. The van der Waals surface area contributed by atoms with Crippen molar-refractivity contribution in [2.45, 2.75) is 38.5 Å². The van der Waals surface area contributed by atoms with E-state index in [-0.39, 0.29) is 17.7 Å². The van der Waals surface area contributed by atoms with Gasteiger partial charge in [-0.2, -0.15) is 0 Å². The van der Waals surface area contributed by atoms with Crippen LogP contribution in [0.25, 0.3) is 0 Å². The number of hydrogen-bond acceptors (Lipinski definition) is 6. The number of nitrogens with zero attached hydrogens (tertiary/aromatic N) is 1. The number of nitrogens with one attached hydrogen (secondary N) is 1. The molecular weight excluding hydrogens is 448 g/mol. The summed E-state index contributed by atoms with van der Waals surface area (Å²) in [5, 5.41) is 2.92. The van der Waals surface area contributed by atoms with Crippen LogP contribution in [-0.4, -0.2) is 75.4 Å². The minimum atomic E-state index is -0.269. The first-order chi connectivity index (χ1) is 17.1. The number of ether oxygens (including phenoxy) is 3. The first-order valence-electron chi connectivity index (χ1n) is 12.2. The standard InChI is InChI=1S/C27H40N2O6/c1-3-5-7-11-24(10-6-4-2)12-13-25(30)28-16-8-18-33-20-22-35-23-21-34-19-9-17-29-26(31)14-15-27(29)32/h3-4,7,10-11,14-15H,1-2,5-6,8-9,12-13,16-23H2,(H,28,30). The molecule has 0 bridgehead atoms. The molecule has 0 saturated heterocycles. The normalized spacial score (nSPS) is 13.7. The molecule has 0 unspecified atom stereocenters. The lowest BCUT2D eigenvalue weighted by Gasteiger charge is -2.13. The Morgan fingerprint density at radius 1 is 0.857 bits per heavy atom. The van der Waals surface area contributed by atoms with Gasteiger partial charge in [0.1, 0.15) is 0 Å². The van der Waals surface area contributed by atoms with Crippen LogP contribution in [-0.2, 0) is 28.6 Å². The highest BCUT2D eigenvalue weighted by Gasteiger charge is 2.22. The van der Waals surface area contributed by atoms with Crippen LogP contribution in [0.5, 0.6) is 0 Å². The highest BCUT2D eigenvalue weighted by atomic mass is 16.5. The first-order valence-corrected chi connectivity index (χ1v) is 12.2. The summed E-state index contributed by atoms with van der Waals surface area (Å²) < 4.78 is 16.4. The van der Waals surface area contributed by atoms with Crippen molar-refractivity contribution in [3.05, 3.63) is 61.3 Å². The van der Waals surface area contributed by atoms with Gasteiger partial charge in [-0.1, -0.05) is 36.0 Å². The zero-order valence-electron chi connectivity index (χ0n) is 20.8. The molecule has 1 aliphatic heterocycles. The van der Waals surface area contributed by atoms with Crippen molar-refractivity contribution in [1.82, 2.24) is 10.2 Å². The molecule has 0 spiro atoms. The highest BCUT2D eigenvalue weighted by Crippen LogP contribution is 2.09. The molecule has 0 aromatic heterocycles. The summed E-state index contributed by atoms with van der Waals surface area (Å²) in [5.74, 6) is -0.505. The third-order valence-electron chi connectivity index (χ3n) is 4.92. The number of amides is 3. The molecule has 1 aliphatic rings. The number of hydrogen-bond donors (Lipinski definition) is 1. The van der Waals surface area contributed by atoms with Gasteiger partial charge in [0.2, 0.25) is 5.91 Å². The first kappa shape index (κ1) is 30.2. The van der Waals surface area contributed by atoms with E-state index in [9.17, 15) is 14.4 Å². The summed E-state index contributed by atoms with van der Waals surface area (Å²) in [4.78, 5) is 36.0. The van der Waals surface area contributed by atoms with E-state index in [0.717, 1.165) is 24.8 Å². The number of carbonyl (C=O) groups excluding carboxylic acids is 3. The quantitative estimate of drug-likeness (QED) is 0.109. The van der Waals surface area contributed by atoms with Gasteiger partial charge in [-0.3, -0.25) is 19.3 Å². The van der Waals surface area contributed by atoms with E-state index in [2.05, 4.69) is 24.6 Å². The monoisotopic (exact) mass is 488 g/mol. The minimum absolute atomic E-state index is 0.0326. The van der Waals surface area contributed by atoms with Gasteiger partial charge in [0, 0.05) is 44.9 Å². The van der Waals surface area contributed by atoms with Crippen LogP contribution in [0.2, 0.25) is 0 Å². The van der Waals surface area contributed by atoms with Crippen LogP contribution in [0, 0.1) is 0 Å². The van der Waals surface area contributed by atoms with Crippen molar-refractivity contribution in [1.29, 1.82) is 0 Å². The van der Waals surface area contributed by atoms with Crippen LogP contribution in [0.4, 0.5) is 0 Å². The van der Waals surface area contributed by atoms with Crippen LogP contribution >= 0.6 is 0 Å². The molecular formula is C27H40N2O6. The van der Waals surface area contributed by atoms with Crippen molar-refractivity contribution in [2.24, 2.45) is 0 Å². The minimum Gasteiger partial charge on any atom is -0.379 e. The highest BCUT2D eigenvalue weighted by molar-refractivity contribution is 6.12. The Hall–Kier alpha value is -2.81. The molecule has 194 valence electrons. The molecule has 3 amide bonds. The molecule has 0 aromatic rings. The maximum absolute atomic E-state index is 12.0. The Labute approximate surface area is 209 Å². The van der Waals surface area contributed by atoms with Gasteiger partial charge in [-0.25, -0.2) is 0 Å². The molecule has 0 radical (unpaired) electrons. The molecule has 0 aromatic carbocycles. The lowest BCUT2D eigenvalue weighted by Crippen LogP contribution is -2.31. The Morgan fingerprint density at radius 2 is 1.46 bits per heavy atom. The molecule has 1 N–H and O–H groups in total. The second-order valence-corrected chi connectivity index (χ2v) is 7.79. The van der Waals surface area contributed by atoms with E-state index in [1.165, 1.54) is 17.1 Å². The largest absolute Gasteiger partial charge is 0.379 e. The smallest absolute Gasteiger partial charge is 0.253 e. The fourth-order valence-electron chi connectivity index (χ4n) is 3.07. The van der Waals surface area contributed by atoms with E-state index in [4.69, 9.17) is 14.2 Å². The second kappa shape index (κ2) is 20.6. The van der Waals surface area contributed by atoms with Gasteiger partial charge < -0.3 is 19.5 Å². The third-order valence-corrected chi connectivity index (χ3v) is 4.92. The number of allylic oxidation sites excluding steroid dienone is 6. The zero-order chi connectivity index (χ0) is 25.6. The van der Waals surface area contributed by atoms with Gasteiger partial charge in [0.25, 0.3) is 11.8 Å². The summed E-state index contributed by atoms with van der Waals surface area (Å²) in [6, 6.07) is 0. The maximum Gasteiger partial charge on any atom is 0.253 e. The summed E-state index contributed by atoms with van der Waals surface area (Å²) in [7, 11) is 0. The van der Waals surface area contributed by atoms with Crippen LogP contribution in [0.15, 0.2) is 61.3 Å². The van der Waals surface area contributed by atoms with E-state index in [1.807, 2.05) is 24.3 Å². The predicted octanol–water partition coefficient (Wildman–Crippen LogP) is 3.27. The Kier molecular flexibility index (Phi) is 17.7. The second-order valence-electron chi connectivity index (χ2n) is 7.79. The summed E-state index contributed by atoms with van der Waals surface area (Å²) in [6.07, 6.45) is 16.5. The van der Waals surface area contributed by atoms with Gasteiger partial charge >= 0.3 is 0 Å². The lowest BCUT2D eigenvalue weighted by atomic mass is 10.1.